The van der Waals surface area contributed by atoms with E-state index in [1.54, 1.807) is 0 Å². The number of carbonyl (C=O) groups is 1. The van der Waals surface area contributed by atoms with Crippen LogP contribution in [0.25, 0.3) is 0 Å². The smallest absolute Gasteiger partial charge is 0.417 e. The van der Waals surface area contributed by atoms with Crippen molar-refractivity contribution in [2.45, 2.75) is 25.9 Å². The third-order valence-corrected chi connectivity index (χ3v) is 3.91. The number of benzene rings is 1. The van der Waals surface area contributed by atoms with Gasteiger partial charge < -0.3 is 18.9 Å². The number of alkyl halides is 5. The van der Waals surface area contributed by atoms with Crippen LogP contribution in [0.2, 0.25) is 0 Å². The molecule has 0 aliphatic heterocycles. The number of likely N-dealkylation sites (N-methyl/N-ethyl adjacent to an activating group) is 1. The molecule has 29 heavy (non-hydrogen) atoms. The number of hydrogen-bond donors (Lipinski definition) is 0. The summed E-state index contributed by atoms with van der Waals surface area (Å²) >= 11 is 0. The number of amides is 1. The summed E-state index contributed by atoms with van der Waals surface area (Å²) < 4.78 is 73.0. The van der Waals surface area contributed by atoms with Crippen LogP contribution >= 0.6 is 0 Å². The molecule has 0 unspecified atom stereocenters. The molecule has 2 aromatic rings. The molecule has 0 fully saturated rings. The van der Waals surface area contributed by atoms with E-state index in [0.717, 1.165) is 6.07 Å². The lowest BCUT2D eigenvalue weighted by molar-refractivity contribution is -0.138. The molecule has 1 aromatic carbocycles. The highest BCUT2D eigenvalue weighted by Gasteiger charge is 2.31. The van der Waals surface area contributed by atoms with Gasteiger partial charge in [-0.25, -0.2) is 0 Å². The van der Waals surface area contributed by atoms with Crippen LogP contribution in [0.3, 0.4) is 0 Å². The Kier molecular flexibility index (Phi) is 6.83. The third-order valence-electron chi connectivity index (χ3n) is 3.91. The van der Waals surface area contributed by atoms with Gasteiger partial charge in [-0.3, -0.25) is 9.59 Å². The Morgan fingerprint density at radius 3 is 2.45 bits per heavy atom. The number of hydrogen-bond acceptors (Lipinski definition) is 4. The van der Waals surface area contributed by atoms with Gasteiger partial charge in [-0.15, -0.1) is 0 Å². The van der Waals surface area contributed by atoms with Gasteiger partial charge in [-0.05, 0) is 23.8 Å². The number of ether oxygens (including phenoxy) is 2. The highest BCUT2D eigenvalue weighted by molar-refractivity contribution is 5.75. The zero-order valence-corrected chi connectivity index (χ0v) is 15.4. The van der Waals surface area contributed by atoms with E-state index in [-0.39, 0.29) is 18.0 Å². The Hall–Kier alpha value is -3.11. The number of methoxy groups -OCH3 is 1. The fraction of sp³-hybridized carbons (Fsp3) is 0.333. The van der Waals surface area contributed by atoms with Crippen molar-refractivity contribution in [2.75, 3.05) is 14.2 Å². The topological polar surface area (TPSA) is 60.8 Å². The van der Waals surface area contributed by atoms with E-state index >= 15 is 0 Å². The predicted octanol–water partition coefficient (Wildman–Crippen LogP) is 3.14. The molecule has 1 aromatic heterocycles. The van der Waals surface area contributed by atoms with Gasteiger partial charge in [-0.1, -0.05) is 6.07 Å². The highest BCUT2D eigenvalue weighted by Crippen LogP contribution is 2.30. The number of rotatable bonds is 7. The van der Waals surface area contributed by atoms with Crippen molar-refractivity contribution >= 4 is 5.91 Å². The minimum absolute atomic E-state index is 0.00212. The summed E-state index contributed by atoms with van der Waals surface area (Å²) in [6, 6.07) is 5.44. The van der Waals surface area contributed by atoms with Gasteiger partial charge in [0.05, 0.1) is 12.7 Å². The van der Waals surface area contributed by atoms with E-state index in [1.165, 1.54) is 37.3 Å². The molecular weight excluding hydrogens is 403 g/mol. The number of halogens is 5. The summed E-state index contributed by atoms with van der Waals surface area (Å²) in [5, 5.41) is 0. The average Bonchev–Trinajstić information content (AvgIpc) is 2.63. The van der Waals surface area contributed by atoms with Gasteiger partial charge in [-0.2, -0.15) is 22.0 Å². The summed E-state index contributed by atoms with van der Waals surface area (Å²) in [7, 11) is 2.64. The molecular formula is C18H17F5N2O4. The number of aromatic nitrogens is 1. The van der Waals surface area contributed by atoms with Gasteiger partial charge in [0.15, 0.2) is 11.5 Å². The Bertz CT molecular complexity index is 927. The first-order valence-electron chi connectivity index (χ1n) is 8.14. The molecule has 0 aliphatic carbocycles. The van der Waals surface area contributed by atoms with Crippen molar-refractivity contribution in [2.24, 2.45) is 0 Å². The predicted molar refractivity (Wildman–Crippen MR) is 91.8 cm³/mol. The van der Waals surface area contributed by atoms with Crippen LogP contribution in [0.5, 0.6) is 11.5 Å². The molecule has 0 saturated heterocycles. The summed E-state index contributed by atoms with van der Waals surface area (Å²) in [4.78, 5) is 25.3. The van der Waals surface area contributed by atoms with E-state index in [0.29, 0.717) is 22.4 Å². The van der Waals surface area contributed by atoms with Crippen molar-refractivity contribution in [3.63, 3.8) is 0 Å². The second kappa shape index (κ2) is 8.93. The van der Waals surface area contributed by atoms with Crippen LogP contribution in [0.1, 0.15) is 11.1 Å². The molecule has 0 aliphatic rings. The molecule has 11 heteroatoms. The minimum atomic E-state index is -4.65. The quantitative estimate of drug-likeness (QED) is 0.646. The van der Waals surface area contributed by atoms with Crippen molar-refractivity contribution in [1.82, 2.24) is 9.47 Å². The fourth-order valence-corrected chi connectivity index (χ4v) is 2.45. The minimum Gasteiger partial charge on any atom is -0.493 e. The Balaban J connectivity index is 2.13. The molecule has 0 atom stereocenters. The van der Waals surface area contributed by atoms with Gasteiger partial charge in [0.1, 0.15) is 6.54 Å². The standard InChI is InChI=1S/C18H17F5N2O4/c1-24(8-11-3-5-13(29-17(19)20)14(7-11)28-2)16(27)10-25-9-12(18(21,22)23)4-6-15(25)26/h3-7,9,17H,8,10H2,1-2H3. The third kappa shape index (κ3) is 5.93. The molecule has 0 radical (unpaired) electrons. The molecule has 0 saturated carbocycles. The van der Waals surface area contributed by atoms with Crippen molar-refractivity contribution < 1.29 is 36.2 Å². The Morgan fingerprint density at radius 2 is 1.86 bits per heavy atom. The van der Waals surface area contributed by atoms with Crippen LogP contribution in [0.4, 0.5) is 22.0 Å². The van der Waals surface area contributed by atoms with Gasteiger partial charge in [0, 0.05) is 25.9 Å². The summed E-state index contributed by atoms with van der Waals surface area (Å²) in [5.41, 5.74) is -1.31. The van der Waals surface area contributed by atoms with Crippen LogP contribution in [-0.2, 0) is 24.1 Å². The zero-order chi connectivity index (χ0) is 21.8. The second-order valence-electron chi connectivity index (χ2n) is 6.00. The molecule has 1 amide bonds. The Morgan fingerprint density at radius 1 is 1.17 bits per heavy atom. The first kappa shape index (κ1) is 22.2. The SMILES string of the molecule is COc1cc(CN(C)C(=O)Cn2cc(C(F)(F)F)ccc2=O)ccc1OC(F)F. The normalized spacial score (nSPS) is 11.4. The summed E-state index contributed by atoms with van der Waals surface area (Å²) in [6.07, 6.45) is -4.07. The van der Waals surface area contributed by atoms with E-state index in [1.807, 2.05) is 0 Å². The average molecular weight is 420 g/mol. The monoisotopic (exact) mass is 420 g/mol. The summed E-state index contributed by atoms with van der Waals surface area (Å²) in [5.74, 6) is -0.785. The Labute approximate surface area is 162 Å². The van der Waals surface area contributed by atoms with Gasteiger partial charge in [0.25, 0.3) is 5.56 Å². The number of pyridine rings is 1. The van der Waals surface area contributed by atoms with E-state index in [2.05, 4.69) is 4.74 Å². The largest absolute Gasteiger partial charge is 0.493 e. The maximum absolute atomic E-state index is 12.8. The van der Waals surface area contributed by atoms with Crippen LogP contribution in [0, 0.1) is 0 Å². The number of nitrogens with zero attached hydrogens (tertiary/aromatic N) is 2. The first-order chi connectivity index (χ1) is 13.5. The maximum Gasteiger partial charge on any atom is 0.417 e. The molecule has 2 rings (SSSR count). The van der Waals surface area contributed by atoms with Crippen LogP contribution < -0.4 is 15.0 Å². The highest BCUT2D eigenvalue weighted by atomic mass is 19.4. The molecule has 0 bridgehead atoms. The lowest BCUT2D eigenvalue weighted by Crippen LogP contribution is -2.33. The van der Waals surface area contributed by atoms with Crippen LogP contribution in [0.15, 0.2) is 41.3 Å². The van der Waals surface area contributed by atoms with Crippen molar-refractivity contribution in [3.8, 4) is 11.5 Å². The molecule has 0 N–H and O–H groups in total. The maximum atomic E-state index is 12.8. The van der Waals surface area contributed by atoms with Crippen LogP contribution in [-0.4, -0.2) is 36.1 Å². The molecule has 158 valence electrons. The number of carbonyl (C=O) groups excluding carboxylic acids is 1. The molecule has 6 nitrogen and oxygen atoms in total. The van der Waals surface area contributed by atoms with E-state index in [4.69, 9.17) is 4.74 Å². The lowest BCUT2D eigenvalue weighted by atomic mass is 10.2. The van der Waals surface area contributed by atoms with Crippen molar-refractivity contribution in [1.29, 1.82) is 0 Å². The van der Waals surface area contributed by atoms with Crippen molar-refractivity contribution in [3.05, 3.63) is 58.0 Å². The first-order valence-corrected chi connectivity index (χ1v) is 8.14. The van der Waals surface area contributed by atoms with Gasteiger partial charge in [0.2, 0.25) is 5.91 Å². The lowest BCUT2D eigenvalue weighted by Gasteiger charge is -2.19. The van der Waals surface area contributed by atoms with E-state index < -0.39 is 36.4 Å². The fourth-order valence-electron chi connectivity index (χ4n) is 2.45. The van der Waals surface area contributed by atoms with Gasteiger partial charge >= 0.3 is 12.8 Å². The zero-order valence-electron chi connectivity index (χ0n) is 15.4. The summed E-state index contributed by atoms with van der Waals surface area (Å²) in [6.45, 7) is -3.63. The molecule has 0 spiro atoms. The second-order valence-corrected chi connectivity index (χ2v) is 6.00. The molecule has 1 heterocycles. The van der Waals surface area contributed by atoms with E-state index in [9.17, 15) is 31.5 Å².